The van der Waals surface area contributed by atoms with Gasteiger partial charge in [-0.15, -0.1) is 0 Å². The molecule has 3 nitrogen and oxygen atoms in total. The molecule has 0 bridgehead atoms. The molecule has 1 aromatic carbocycles. The molecular formula is C14H17N2O+. The Morgan fingerprint density at radius 2 is 2.06 bits per heavy atom. The Labute approximate surface area is 102 Å². The first-order valence-electron chi connectivity index (χ1n) is 5.58. The van der Waals surface area contributed by atoms with Gasteiger partial charge in [0.25, 0.3) is 6.54 Å². The number of amides is 1. The van der Waals surface area contributed by atoms with Crippen LogP contribution < -0.4 is 5.32 Å². The van der Waals surface area contributed by atoms with Crippen LogP contribution in [0.3, 0.4) is 0 Å². The Kier molecular flexibility index (Phi) is 4.96. The van der Waals surface area contributed by atoms with Crippen LogP contribution in [0.15, 0.2) is 36.4 Å². The monoisotopic (exact) mass is 229 g/mol. The molecule has 0 unspecified atom stereocenters. The third-order valence-electron chi connectivity index (χ3n) is 2.16. The van der Waals surface area contributed by atoms with Crippen molar-refractivity contribution >= 4 is 5.91 Å². The predicted molar refractivity (Wildman–Crippen MR) is 70.0 cm³/mol. The maximum atomic E-state index is 11.3. The number of hydrogen-bond donors (Lipinski definition) is 1. The zero-order chi connectivity index (χ0) is 12.7. The quantitative estimate of drug-likeness (QED) is 0.794. The van der Waals surface area contributed by atoms with Gasteiger partial charge in [0.15, 0.2) is 0 Å². The number of benzene rings is 1. The highest BCUT2D eigenvalue weighted by atomic mass is 16.1. The second-order valence-electron chi connectivity index (χ2n) is 3.75. The molecule has 0 radical (unpaired) electrons. The minimum Gasteiger partial charge on any atom is -0.348 e. The first-order chi connectivity index (χ1) is 8.13. The normalized spacial score (nSPS) is 9.06. The van der Waals surface area contributed by atoms with Gasteiger partial charge in [-0.1, -0.05) is 23.6 Å². The van der Waals surface area contributed by atoms with E-state index in [1.165, 1.54) is 0 Å². The van der Waals surface area contributed by atoms with Crippen molar-refractivity contribution in [3.05, 3.63) is 52.4 Å². The van der Waals surface area contributed by atoms with Crippen LogP contribution in [0.2, 0.25) is 0 Å². The van der Waals surface area contributed by atoms with Crippen LogP contribution >= 0.6 is 0 Å². The lowest BCUT2D eigenvalue weighted by Gasteiger charge is -2.04. The highest BCUT2D eigenvalue weighted by molar-refractivity contribution is 5.91. The van der Waals surface area contributed by atoms with Gasteiger partial charge in [-0.3, -0.25) is 4.79 Å². The fourth-order valence-electron chi connectivity index (χ4n) is 1.20. The van der Waals surface area contributed by atoms with Crippen molar-refractivity contribution in [2.75, 3.05) is 6.54 Å². The molecule has 0 aliphatic heterocycles. The zero-order valence-corrected chi connectivity index (χ0v) is 10.3. The Balaban J connectivity index is 2.57. The summed E-state index contributed by atoms with van der Waals surface area (Å²) in [6.45, 7) is 8.48. The zero-order valence-electron chi connectivity index (χ0n) is 10.3. The van der Waals surface area contributed by atoms with Crippen LogP contribution in [0.1, 0.15) is 25.0 Å². The summed E-state index contributed by atoms with van der Waals surface area (Å²) >= 11 is 0. The van der Waals surface area contributed by atoms with Crippen LogP contribution in [-0.4, -0.2) is 12.5 Å². The maximum absolute atomic E-state index is 11.3. The summed E-state index contributed by atoms with van der Waals surface area (Å²) in [5.74, 6) is -0.117. The second kappa shape index (κ2) is 6.49. The minimum absolute atomic E-state index is 0.117. The van der Waals surface area contributed by atoms with Crippen LogP contribution in [-0.2, 0) is 11.3 Å². The van der Waals surface area contributed by atoms with E-state index in [-0.39, 0.29) is 5.91 Å². The fraction of sp³-hybridized carbons (Fsp3) is 0.286. The van der Waals surface area contributed by atoms with Gasteiger partial charge in [0.1, 0.15) is 5.56 Å². The van der Waals surface area contributed by atoms with E-state index < -0.39 is 0 Å². The molecule has 0 saturated heterocycles. The van der Waals surface area contributed by atoms with Crippen LogP contribution in [0, 0.1) is 6.07 Å². The van der Waals surface area contributed by atoms with E-state index in [0.29, 0.717) is 12.1 Å². The van der Waals surface area contributed by atoms with Gasteiger partial charge < -0.3 is 5.32 Å². The number of nitrogens with zero attached hydrogens (tertiary/aromatic N) is 1. The Morgan fingerprint density at radius 3 is 2.59 bits per heavy atom. The molecule has 0 aliphatic carbocycles. The molecule has 0 aliphatic rings. The number of rotatable bonds is 3. The van der Waals surface area contributed by atoms with E-state index in [1.54, 1.807) is 6.92 Å². The molecule has 3 heteroatoms. The smallest absolute Gasteiger partial charge is 0.311 e. The van der Waals surface area contributed by atoms with Crippen molar-refractivity contribution in [1.29, 1.82) is 0 Å². The van der Waals surface area contributed by atoms with Crippen molar-refractivity contribution in [3.63, 3.8) is 0 Å². The van der Waals surface area contributed by atoms with Crippen molar-refractivity contribution < 1.29 is 4.79 Å². The number of nitrogens with one attached hydrogen (secondary N) is 1. The lowest BCUT2D eigenvalue weighted by Crippen LogP contribution is -2.22. The van der Waals surface area contributed by atoms with E-state index in [4.69, 9.17) is 0 Å². The third kappa shape index (κ3) is 4.52. The van der Waals surface area contributed by atoms with Gasteiger partial charge in [-0.2, -0.15) is 0 Å². The lowest BCUT2D eigenvalue weighted by molar-refractivity contribution is -0.117. The Bertz CT molecular complexity index is 463. The van der Waals surface area contributed by atoms with Gasteiger partial charge in [0, 0.05) is 19.0 Å². The highest BCUT2D eigenvalue weighted by Gasteiger charge is 2.01. The summed E-state index contributed by atoms with van der Waals surface area (Å²) in [5.41, 5.74) is 2.51. The average Bonchev–Trinajstić information content (AvgIpc) is 2.34. The fourth-order valence-corrected chi connectivity index (χ4v) is 1.20. The van der Waals surface area contributed by atoms with Crippen LogP contribution in [0.5, 0.6) is 0 Å². The van der Waals surface area contributed by atoms with Crippen LogP contribution in [0.25, 0.3) is 4.85 Å². The summed E-state index contributed by atoms with van der Waals surface area (Å²) in [6.07, 6.45) is 0. The second-order valence-corrected chi connectivity index (χ2v) is 3.75. The SMILES string of the molecule is C=C(C)C(=O)NCc1ccc(C#[N+]CC)cc1. The molecule has 0 saturated carbocycles. The van der Waals surface area contributed by atoms with Crippen molar-refractivity contribution in [2.24, 2.45) is 0 Å². The summed E-state index contributed by atoms with van der Waals surface area (Å²) < 4.78 is 0. The number of hydrogen-bond acceptors (Lipinski definition) is 1. The molecule has 1 rings (SSSR count). The van der Waals surface area contributed by atoms with E-state index in [1.807, 2.05) is 31.2 Å². The van der Waals surface area contributed by atoms with Gasteiger partial charge in [0.2, 0.25) is 5.91 Å². The Morgan fingerprint density at radius 1 is 1.41 bits per heavy atom. The molecule has 1 N–H and O–H groups in total. The van der Waals surface area contributed by atoms with Crippen molar-refractivity contribution in [1.82, 2.24) is 5.32 Å². The standard InChI is InChI=1S/C14H16N2O/c1-4-15-9-12-5-7-13(8-6-12)10-16-14(17)11(2)3/h5-8H,2,4,10H2,1,3H3/p+1. The first kappa shape index (κ1) is 13.0. The molecule has 0 heterocycles. The molecule has 1 amide bonds. The van der Waals surface area contributed by atoms with E-state index in [2.05, 4.69) is 22.8 Å². The minimum atomic E-state index is -0.117. The summed E-state index contributed by atoms with van der Waals surface area (Å²) in [5, 5.41) is 2.78. The molecule has 1 aromatic rings. The third-order valence-corrected chi connectivity index (χ3v) is 2.16. The summed E-state index contributed by atoms with van der Waals surface area (Å²) in [6, 6.07) is 10.7. The van der Waals surface area contributed by atoms with Crippen molar-refractivity contribution in [3.8, 4) is 6.07 Å². The topological polar surface area (TPSA) is 33.5 Å². The number of carbonyl (C=O) groups excluding carboxylic acids is 1. The first-order valence-corrected chi connectivity index (χ1v) is 5.58. The molecule has 88 valence electrons. The molecule has 0 spiro atoms. The van der Waals surface area contributed by atoms with E-state index >= 15 is 0 Å². The number of carbonyl (C=O) groups is 1. The van der Waals surface area contributed by atoms with Crippen molar-refractivity contribution in [2.45, 2.75) is 20.4 Å². The van der Waals surface area contributed by atoms with E-state index in [0.717, 1.165) is 17.7 Å². The largest absolute Gasteiger partial charge is 0.348 e. The molecular weight excluding hydrogens is 212 g/mol. The maximum Gasteiger partial charge on any atom is 0.311 e. The Hall–Kier alpha value is -2.08. The van der Waals surface area contributed by atoms with Crippen LogP contribution in [0.4, 0.5) is 0 Å². The molecule has 0 fully saturated rings. The average molecular weight is 229 g/mol. The molecule has 17 heavy (non-hydrogen) atoms. The summed E-state index contributed by atoms with van der Waals surface area (Å²) in [7, 11) is 0. The molecule has 0 aromatic heterocycles. The molecule has 0 atom stereocenters. The van der Waals surface area contributed by atoms with Gasteiger partial charge in [0.05, 0.1) is 0 Å². The summed E-state index contributed by atoms with van der Waals surface area (Å²) in [4.78, 5) is 15.3. The van der Waals surface area contributed by atoms with Gasteiger partial charge in [-0.05, 0) is 24.6 Å². The van der Waals surface area contributed by atoms with Gasteiger partial charge >= 0.3 is 6.07 Å². The highest BCUT2D eigenvalue weighted by Crippen LogP contribution is 2.03. The van der Waals surface area contributed by atoms with E-state index in [9.17, 15) is 4.79 Å². The predicted octanol–water partition coefficient (Wildman–Crippen LogP) is 2.58. The van der Waals surface area contributed by atoms with Gasteiger partial charge in [-0.25, -0.2) is 0 Å². The lowest BCUT2D eigenvalue weighted by atomic mass is 10.1.